The lowest BCUT2D eigenvalue weighted by Crippen LogP contribution is -2.15. The number of ether oxygens (including phenoxy) is 2. The molecule has 0 radical (unpaired) electrons. The molecule has 0 spiro atoms. The van der Waals surface area contributed by atoms with Gasteiger partial charge in [0.1, 0.15) is 0 Å². The topological polar surface area (TPSA) is 116 Å². The molecule has 20 heavy (non-hydrogen) atoms. The second kappa shape index (κ2) is 6.67. The van der Waals surface area contributed by atoms with E-state index in [-0.39, 0.29) is 17.9 Å². The normalized spacial score (nSPS) is 11.6. The molecule has 0 aromatic heterocycles. The zero-order valence-electron chi connectivity index (χ0n) is 11.1. The molecule has 0 amide bonds. The smallest absolute Gasteiger partial charge is 0.308 e. The highest BCUT2D eigenvalue weighted by molar-refractivity contribution is 5.74. The van der Waals surface area contributed by atoms with Gasteiger partial charge in [-0.25, -0.2) is 0 Å². The largest absolute Gasteiger partial charge is 0.481 e. The molecule has 0 aliphatic rings. The minimum absolute atomic E-state index is 0.0195. The van der Waals surface area contributed by atoms with Gasteiger partial charge in [-0.2, -0.15) is 0 Å². The summed E-state index contributed by atoms with van der Waals surface area (Å²) in [5.41, 5.74) is 6.18. The van der Waals surface area contributed by atoms with Gasteiger partial charge in [-0.3, -0.25) is 14.4 Å². The summed E-state index contributed by atoms with van der Waals surface area (Å²) in [4.78, 5) is 32.6. The van der Waals surface area contributed by atoms with Crippen LogP contribution < -0.4 is 15.2 Å². The first kappa shape index (κ1) is 15.6. The fourth-order valence-corrected chi connectivity index (χ4v) is 1.54. The number of carbonyl (C=O) groups excluding carboxylic acids is 2. The summed E-state index contributed by atoms with van der Waals surface area (Å²) in [6.07, 6.45) is -0.271. The number of benzene rings is 1. The predicted molar refractivity (Wildman–Crippen MR) is 68.2 cm³/mol. The maximum Gasteiger partial charge on any atom is 0.308 e. The van der Waals surface area contributed by atoms with Crippen molar-refractivity contribution in [3.63, 3.8) is 0 Å². The van der Waals surface area contributed by atoms with Crippen LogP contribution in [0.25, 0.3) is 0 Å². The van der Waals surface area contributed by atoms with Crippen LogP contribution in [0.2, 0.25) is 0 Å². The van der Waals surface area contributed by atoms with Crippen LogP contribution in [0, 0.1) is 0 Å². The molecule has 3 N–H and O–H groups in total. The molecule has 1 unspecified atom stereocenters. The first-order valence-electron chi connectivity index (χ1n) is 5.77. The van der Waals surface area contributed by atoms with Crippen molar-refractivity contribution < 1.29 is 29.0 Å². The Balaban J connectivity index is 3.09. The van der Waals surface area contributed by atoms with E-state index >= 15 is 0 Å². The van der Waals surface area contributed by atoms with Crippen LogP contribution in [-0.2, 0) is 14.4 Å². The van der Waals surface area contributed by atoms with E-state index in [0.29, 0.717) is 5.56 Å². The molecule has 0 heterocycles. The third-order valence-electron chi connectivity index (χ3n) is 2.30. The van der Waals surface area contributed by atoms with Crippen LogP contribution in [-0.4, -0.2) is 23.0 Å². The van der Waals surface area contributed by atoms with Crippen LogP contribution in [0.3, 0.4) is 0 Å². The Kier molecular flexibility index (Phi) is 5.22. The van der Waals surface area contributed by atoms with E-state index in [1.807, 2.05) is 0 Å². The van der Waals surface area contributed by atoms with Crippen molar-refractivity contribution in [2.75, 3.05) is 0 Å². The van der Waals surface area contributed by atoms with Crippen molar-refractivity contribution in [3.05, 3.63) is 23.8 Å². The van der Waals surface area contributed by atoms with E-state index in [1.165, 1.54) is 32.0 Å². The molecule has 7 heteroatoms. The maximum atomic E-state index is 11.0. The van der Waals surface area contributed by atoms with Crippen LogP contribution in [0.5, 0.6) is 11.5 Å². The van der Waals surface area contributed by atoms with E-state index in [9.17, 15) is 14.4 Å². The Morgan fingerprint density at radius 1 is 1.15 bits per heavy atom. The second-order valence-electron chi connectivity index (χ2n) is 4.10. The molecule has 1 rings (SSSR count). The Hall–Kier alpha value is -2.41. The van der Waals surface area contributed by atoms with Crippen molar-refractivity contribution >= 4 is 17.9 Å². The molecular weight excluding hydrogens is 266 g/mol. The summed E-state index contributed by atoms with van der Waals surface area (Å²) >= 11 is 0. The molecule has 0 bridgehead atoms. The highest BCUT2D eigenvalue weighted by Crippen LogP contribution is 2.31. The zero-order valence-corrected chi connectivity index (χ0v) is 11.1. The molecule has 0 saturated heterocycles. The van der Waals surface area contributed by atoms with Crippen molar-refractivity contribution in [3.8, 4) is 11.5 Å². The number of nitrogens with two attached hydrogens (primary N) is 1. The molecular formula is C13H15NO6. The van der Waals surface area contributed by atoms with Crippen molar-refractivity contribution in [2.45, 2.75) is 26.3 Å². The van der Waals surface area contributed by atoms with Crippen molar-refractivity contribution in [1.82, 2.24) is 0 Å². The molecule has 1 atom stereocenters. The Bertz CT molecular complexity index is 540. The molecule has 1 aromatic rings. The Morgan fingerprint density at radius 2 is 1.70 bits per heavy atom. The van der Waals surface area contributed by atoms with Crippen molar-refractivity contribution in [1.29, 1.82) is 0 Å². The van der Waals surface area contributed by atoms with Crippen LogP contribution in [0.15, 0.2) is 18.2 Å². The van der Waals surface area contributed by atoms with E-state index in [4.69, 9.17) is 20.3 Å². The fraction of sp³-hybridized carbons (Fsp3) is 0.308. The number of carboxylic acid groups (broad SMARTS) is 1. The SMILES string of the molecule is CC(=O)Oc1ccc(C(N)CC(=O)O)cc1OC(C)=O. The van der Waals surface area contributed by atoms with Gasteiger partial charge in [0.25, 0.3) is 0 Å². The minimum atomic E-state index is -1.05. The summed E-state index contributed by atoms with van der Waals surface area (Å²) in [5.74, 6) is -2.12. The molecule has 108 valence electrons. The Morgan fingerprint density at radius 3 is 2.20 bits per heavy atom. The molecule has 1 aromatic carbocycles. The summed E-state index contributed by atoms with van der Waals surface area (Å²) in [5, 5.41) is 8.70. The standard InChI is InChI=1S/C13H15NO6/c1-7(15)19-11-4-3-9(10(14)6-13(17)18)5-12(11)20-8(2)16/h3-5,10H,6,14H2,1-2H3,(H,17,18). The number of esters is 2. The molecule has 0 saturated carbocycles. The van der Waals surface area contributed by atoms with Gasteiger partial charge < -0.3 is 20.3 Å². The summed E-state index contributed by atoms with van der Waals surface area (Å²) < 4.78 is 9.81. The summed E-state index contributed by atoms with van der Waals surface area (Å²) in [6.45, 7) is 2.41. The number of rotatable bonds is 5. The number of hydrogen-bond acceptors (Lipinski definition) is 6. The van der Waals surface area contributed by atoms with Gasteiger partial charge in [0, 0.05) is 19.9 Å². The first-order chi connectivity index (χ1) is 9.29. The van der Waals surface area contributed by atoms with Gasteiger partial charge in [-0.05, 0) is 17.7 Å². The maximum absolute atomic E-state index is 11.0. The zero-order chi connectivity index (χ0) is 15.3. The van der Waals surface area contributed by atoms with Crippen LogP contribution in [0.4, 0.5) is 0 Å². The summed E-state index contributed by atoms with van der Waals surface area (Å²) in [6, 6.07) is 3.54. The number of carboxylic acids is 1. The highest BCUT2D eigenvalue weighted by atomic mass is 16.6. The summed E-state index contributed by atoms with van der Waals surface area (Å²) in [7, 11) is 0. The van der Waals surface area contributed by atoms with E-state index in [1.54, 1.807) is 0 Å². The van der Waals surface area contributed by atoms with Gasteiger partial charge in [0.05, 0.1) is 6.42 Å². The lowest BCUT2D eigenvalue weighted by Gasteiger charge is -2.13. The van der Waals surface area contributed by atoms with Gasteiger partial charge in [0.15, 0.2) is 11.5 Å². The van der Waals surface area contributed by atoms with Gasteiger partial charge in [0.2, 0.25) is 0 Å². The fourth-order valence-electron chi connectivity index (χ4n) is 1.54. The monoisotopic (exact) mass is 281 g/mol. The third kappa shape index (κ3) is 4.69. The van der Waals surface area contributed by atoms with E-state index in [2.05, 4.69) is 0 Å². The van der Waals surface area contributed by atoms with Gasteiger partial charge in [-0.1, -0.05) is 6.07 Å². The predicted octanol–water partition coefficient (Wildman–Crippen LogP) is 1.01. The second-order valence-corrected chi connectivity index (χ2v) is 4.10. The average molecular weight is 281 g/mol. The molecule has 0 aliphatic carbocycles. The number of hydrogen-bond donors (Lipinski definition) is 2. The van der Waals surface area contributed by atoms with E-state index in [0.717, 1.165) is 0 Å². The first-order valence-corrected chi connectivity index (χ1v) is 5.77. The highest BCUT2D eigenvalue weighted by Gasteiger charge is 2.16. The third-order valence-corrected chi connectivity index (χ3v) is 2.30. The van der Waals surface area contributed by atoms with Crippen LogP contribution >= 0.6 is 0 Å². The Labute approximate surface area is 115 Å². The lowest BCUT2D eigenvalue weighted by atomic mass is 10.0. The quantitative estimate of drug-likeness (QED) is 0.611. The lowest BCUT2D eigenvalue weighted by molar-refractivity contribution is -0.137. The van der Waals surface area contributed by atoms with Crippen LogP contribution in [0.1, 0.15) is 31.9 Å². The van der Waals surface area contributed by atoms with Gasteiger partial charge >= 0.3 is 17.9 Å². The van der Waals surface area contributed by atoms with Crippen molar-refractivity contribution in [2.24, 2.45) is 5.73 Å². The average Bonchev–Trinajstić information content (AvgIpc) is 2.29. The number of aliphatic carboxylic acids is 1. The molecule has 7 nitrogen and oxygen atoms in total. The molecule has 0 aliphatic heterocycles. The number of carbonyl (C=O) groups is 3. The van der Waals surface area contributed by atoms with E-state index < -0.39 is 23.9 Å². The minimum Gasteiger partial charge on any atom is -0.481 e. The van der Waals surface area contributed by atoms with Gasteiger partial charge in [-0.15, -0.1) is 0 Å². The molecule has 0 fully saturated rings.